The van der Waals surface area contributed by atoms with E-state index in [-0.39, 0.29) is 4.34 Å². The van der Waals surface area contributed by atoms with E-state index in [0.717, 1.165) is 18.2 Å². The van der Waals surface area contributed by atoms with Gasteiger partial charge >= 0.3 is 12.1 Å². The lowest BCUT2D eigenvalue weighted by atomic mass is 10.2. The van der Waals surface area contributed by atoms with E-state index in [1.165, 1.54) is 0 Å². The fourth-order valence-electron chi connectivity index (χ4n) is 1.62. The quantitative estimate of drug-likeness (QED) is 0.806. The number of thiazole rings is 1. The van der Waals surface area contributed by atoms with Gasteiger partial charge in [0, 0.05) is 6.42 Å². The van der Waals surface area contributed by atoms with Gasteiger partial charge in [0.15, 0.2) is 10.0 Å². The van der Waals surface area contributed by atoms with Crippen LogP contribution in [0.5, 0.6) is 0 Å². The number of hydrogen-bond acceptors (Lipinski definition) is 8. The smallest absolute Gasteiger partial charge is 0.435 e. The van der Waals surface area contributed by atoms with Gasteiger partial charge in [0.2, 0.25) is 4.99 Å². The molecule has 0 fully saturated rings. The topological polar surface area (TPSA) is 99.6 Å². The summed E-state index contributed by atoms with van der Waals surface area (Å²) in [6.07, 6.45) is -2.86. The number of carboxylic acid groups (broad SMARTS) is 1. The number of aromatic carboxylic acids is 1. The summed E-state index contributed by atoms with van der Waals surface area (Å²) < 4.78 is 38.4. The minimum absolute atomic E-state index is 0.0828. The number of thioether (sulfide) groups is 1. The molecule has 1 aromatic heterocycles. The SMILES string of the molecule is CCCCC1(Sc2nc(C(F)(F)F)c(C(=O)O)s2)N=NN=N1. The molecule has 12 heteroatoms. The zero-order chi connectivity index (χ0) is 16.4. The van der Waals surface area contributed by atoms with Crippen LogP contribution in [0.25, 0.3) is 0 Å². The maximum atomic E-state index is 12.8. The van der Waals surface area contributed by atoms with Gasteiger partial charge in [0.05, 0.1) is 0 Å². The van der Waals surface area contributed by atoms with Gasteiger partial charge in [0.25, 0.3) is 0 Å². The average molecular weight is 353 g/mol. The second kappa shape index (κ2) is 6.28. The third-order valence-electron chi connectivity index (χ3n) is 2.62. The molecule has 22 heavy (non-hydrogen) atoms. The Bertz CT molecular complexity index is 617. The predicted octanol–water partition coefficient (Wildman–Crippen LogP) is 4.63. The van der Waals surface area contributed by atoms with Crippen LogP contribution in [0.3, 0.4) is 0 Å². The van der Waals surface area contributed by atoms with Gasteiger partial charge < -0.3 is 5.11 Å². The van der Waals surface area contributed by atoms with E-state index in [9.17, 15) is 18.0 Å². The highest BCUT2D eigenvalue weighted by Crippen LogP contribution is 2.46. The first-order chi connectivity index (χ1) is 10.3. The summed E-state index contributed by atoms with van der Waals surface area (Å²) in [4.78, 5) is 12.3. The molecule has 7 nitrogen and oxygen atoms in total. The number of nitrogens with zero attached hydrogens (tertiary/aromatic N) is 5. The van der Waals surface area contributed by atoms with Crippen LogP contribution in [0.4, 0.5) is 13.2 Å². The van der Waals surface area contributed by atoms with Gasteiger partial charge in [-0.15, -0.1) is 10.2 Å². The average Bonchev–Trinajstić information content (AvgIpc) is 3.04. The van der Waals surface area contributed by atoms with Crippen LogP contribution in [0.1, 0.15) is 41.6 Å². The van der Waals surface area contributed by atoms with E-state index in [1.54, 1.807) is 0 Å². The number of carboxylic acids is 1. The summed E-state index contributed by atoms with van der Waals surface area (Å²) in [5.74, 6) is -1.67. The van der Waals surface area contributed by atoms with Crippen molar-refractivity contribution in [3.63, 3.8) is 0 Å². The number of alkyl halides is 3. The summed E-state index contributed by atoms with van der Waals surface area (Å²) in [6.45, 7) is 1.94. The molecule has 1 aromatic rings. The van der Waals surface area contributed by atoms with Gasteiger partial charge in [-0.05, 0) is 28.6 Å². The van der Waals surface area contributed by atoms with Crippen molar-refractivity contribution in [1.82, 2.24) is 4.98 Å². The summed E-state index contributed by atoms with van der Waals surface area (Å²) in [5.41, 5.74) is -1.41. The second-order valence-corrected chi connectivity index (χ2v) is 6.79. The molecule has 2 rings (SSSR count). The molecule has 0 amide bonds. The molecule has 0 radical (unpaired) electrons. The zero-order valence-electron chi connectivity index (χ0n) is 11.2. The zero-order valence-corrected chi connectivity index (χ0v) is 12.8. The Morgan fingerprint density at radius 2 is 2.00 bits per heavy atom. The Morgan fingerprint density at radius 3 is 2.45 bits per heavy atom. The maximum Gasteiger partial charge on any atom is 0.435 e. The second-order valence-electron chi connectivity index (χ2n) is 4.29. The number of hydrogen-bond donors (Lipinski definition) is 1. The van der Waals surface area contributed by atoms with Crippen molar-refractivity contribution in [2.75, 3.05) is 0 Å². The molecule has 0 saturated heterocycles. The van der Waals surface area contributed by atoms with Crippen LogP contribution in [-0.4, -0.2) is 21.1 Å². The molecule has 120 valence electrons. The Hall–Kier alpha value is -1.56. The highest BCUT2D eigenvalue weighted by molar-refractivity contribution is 8.02. The molecule has 0 atom stereocenters. The van der Waals surface area contributed by atoms with E-state index in [2.05, 4.69) is 25.7 Å². The highest BCUT2D eigenvalue weighted by Gasteiger charge is 2.42. The Kier molecular flexibility index (Phi) is 4.80. The van der Waals surface area contributed by atoms with Crippen LogP contribution in [0.15, 0.2) is 25.0 Å². The van der Waals surface area contributed by atoms with Crippen molar-refractivity contribution in [3.05, 3.63) is 10.6 Å². The lowest BCUT2D eigenvalue weighted by Crippen LogP contribution is -2.16. The summed E-state index contributed by atoms with van der Waals surface area (Å²) in [5, 5.41) is 23.4. The summed E-state index contributed by atoms with van der Waals surface area (Å²) in [7, 11) is 0. The molecule has 0 aromatic carbocycles. The number of carbonyl (C=O) groups is 1. The third kappa shape index (κ3) is 3.61. The summed E-state index contributed by atoms with van der Waals surface area (Å²) in [6, 6.07) is 0. The Morgan fingerprint density at radius 1 is 1.36 bits per heavy atom. The first-order valence-electron chi connectivity index (χ1n) is 6.12. The van der Waals surface area contributed by atoms with Crippen molar-refractivity contribution >= 4 is 29.1 Å². The van der Waals surface area contributed by atoms with Crippen LogP contribution in [-0.2, 0) is 6.18 Å². The van der Waals surface area contributed by atoms with E-state index < -0.39 is 27.7 Å². The molecule has 0 saturated carbocycles. The number of aromatic nitrogens is 1. The fraction of sp³-hybridized carbons (Fsp3) is 0.600. The van der Waals surface area contributed by atoms with Gasteiger partial charge in [-0.25, -0.2) is 9.78 Å². The van der Waals surface area contributed by atoms with E-state index >= 15 is 0 Å². The first kappa shape index (κ1) is 16.8. The van der Waals surface area contributed by atoms with Crippen molar-refractivity contribution in [2.24, 2.45) is 20.7 Å². The molecular weight excluding hydrogens is 343 g/mol. The number of halogens is 3. The molecule has 0 aliphatic carbocycles. The van der Waals surface area contributed by atoms with Crippen LogP contribution < -0.4 is 0 Å². The fourth-order valence-corrected chi connectivity index (χ4v) is 3.91. The van der Waals surface area contributed by atoms with Crippen molar-refractivity contribution in [3.8, 4) is 0 Å². The maximum absolute atomic E-state index is 12.8. The predicted molar refractivity (Wildman–Crippen MR) is 71.9 cm³/mol. The van der Waals surface area contributed by atoms with Gasteiger partial charge in [0.1, 0.15) is 4.88 Å². The van der Waals surface area contributed by atoms with Gasteiger partial charge in [-0.1, -0.05) is 24.7 Å². The standard InChI is InChI=1S/C10H10F3N5O2S2/c1-2-3-4-9(15-17-18-16-9)22-8-14-6(10(11,12)13)5(21-8)7(19)20/h2-4H2,1H3,(H,19,20). The monoisotopic (exact) mass is 353 g/mol. The molecule has 1 aliphatic rings. The van der Waals surface area contributed by atoms with Crippen molar-refractivity contribution in [2.45, 2.75) is 41.7 Å². The molecule has 0 unspecified atom stereocenters. The molecule has 2 heterocycles. The normalized spacial score (nSPS) is 16.4. The number of rotatable bonds is 6. The Labute approximate surface area is 130 Å². The molecule has 1 aliphatic heterocycles. The third-order valence-corrected chi connectivity index (χ3v) is 4.92. The highest BCUT2D eigenvalue weighted by atomic mass is 32.2. The lowest BCUT2D eigenvalue weighted by Gasteiger charge is -2.16. The van der Waals surface area contributed by atoms with E-state index in [0.29, 0.717) is 24.2 Å². The molecular formula is C10H10F3N5O2S2. The number of unbranched alkanes of at least 4 members (excludes halogenated alkanes) is 1. The minimum atomic E-state index is -4.83. The van der Waals surface area contributed by atoms with Crippen LogP contribution in [0.2, 0.25) is 0 Å². The molecule has 1 N–H and O–H groups in total. The van der Waals surface area contributed by atoms with Crippen molar-refractivity contribution in [1.29, 1.82) is 0 Å². The van der Waals surface area contributed by atoms with E-state index in [1.807, 2.05) is 6.92 Å². The van der Waals surface area contributed by atoms with Crippen LogP contribution in [0, 0.1) is 0 Å². The summed E-state index contributed by atoms with van der Waals surface area (Å²) >= 11 is 1.27. The molecule has 0 spiro atoms. The van der Waals surface area contributed by atoms with Gasteiger partial charge in [-0.3, -0.25) is 0 Å². The Balaban J connectivity index is 2.31. The van der Waals surface area contributed by atoms with Crippen molar-refractivity contribution < 1.29 is 23.1 Å². The molecule has 0 bridgehead atoms. The first-order valence-corrected chi connectivity index (χ1v) is 7.75. The van der Waals surface area contributed by atoms with Gasteiger partial charge in [-0.2, -0.15) is 13.2 Å². The minimum Gasteiger partial charge on any atom is -0.477 e. The van der Waals surface area contributed by atoms with Crippen LogP contribution >= 0.6 is 23.1 Å². The largest absolute Gasteiger partial charge is 0.477 e. The lowest BCUT2D eigenvalue weighted by molar-refractivity contribution is -0.141. The van der Waals surface area contributed by atoms with E-state index in [4.69, 9.17) is 5.11 Å².